The minimum absolute atomic E-state index is 0.0702. The largest absolute Gasteiger partial charge is 0.418 e. The summed E-state index contributed by atoms with van der Waals surface area (Å²) in [5.74, 6) is -0.597. The van der Waals surface area contributed by atoms with E-state index in [-0.39, 0.29) is 30.3 Å². The van der Waals surface area contributed by atoms with Gasteiger partial charge in [-0.15, -0.1) is 0 Å². The molecule has 0 aromatic heterocycles. The summed E-state index contributed by atoms with van der Waals surface area (Å²) in [7, 11) is 0. The number of hydrogen-bond donors (Lipinski definition) is 2. The Balaban J connectivity index is 1.41. The van der Waals surface area contributed by atoms with E-state index in [0.717, 1.165) is 11.3 Å². The van der Waals surface area contributed by atoms with Crippen LogP contribution < -0.4 is 15.8 Å². The first-order chi connectivity index (χ1) is 16.6. The van der Waals surface area contributed by atoms with Gasteiger partial charge in [0, 0.05) is 24.3 Å². The third-order valence-corrected chi connectivity index (χ3v) is 5.69. The number of hydrazine groups is 1. The van der Waals surface area contributed by atoms with E-state index in [9.17, 15) is 22.8 Å². The molecule has 0 radical (unpaired) electrons. The fraction of sp³-hybridized carbons (Fsp3) is 0.417. The zero-order valence-corrected chi connectivity index (χ0v) is 19.3. The maximum atomic E-state index is 13.5. The van der Waals surface area contributed by atoms with Crippen LogP contribution in [-0.2, 0) is 16.0 Å². The van der Waals surface area contributed by atoms with Gasteiger partial charge in [-0.1, -0.05) is 30.3 Å². The molecule has 0 bridgehead atoms. The van der Waals surface area contributed by atoms with E-state index in [1.165, 1.54) is 0 Å². The molecule has 2 saturated heterocycles. The van der Waals surface area contributed by atoms with Crippen LogP contribution in [0.15, 0.2) is 54.6 Å². The molecule has 2 fully saturated rings. The molecule has 2 aliphatic rings. The highest BCUT2D eigenvalue weighted by Crippen LogP contribution is 2.35. The monoisotopic (exact) mass is 492 g/mol. The van der Waals surface area contributed by atoms with Gasteiger partial charge < -0.3 is 14.4 Å². The van der Waals surface area contributed by atoms with Gasteiger partial charge in [0.2, 0.25) is 0 Å². The summed E-state index contributed by atoms with van der Waals surface area (Å²) in [5, 5.41) is 0. The number of para-hydroxylation sites is 1. The maximum Gasteiger partial charge on any atom is 0.418 e. The van der Waals surface area contributed by atoms with Crippen LogP contribution in [0.5, 0.6) is 0 Å². The van der Waals surface area contributed by atoms with Crippen LogP contribution in [0.2, 0.25) is 0 Å². The van der Waals surface area contributed by atoms with Gasteiger partial charge in [0.15, 0.2) is 12.3 Å². The summed E-state index contributed by atoms with van der Waals surface area (Å²) >= 11 is 0. The molecule has 2 unspecified atom stereocenters. The predicted octanol–water partition coefficient (Wildman–Crippen LogP) is 3.44. The summed E-state index contributed by atoms with van der Waals surface area (Å²) in [6, 6.07) is 15.6. The van der Waals surface area contributed by atoms with Crippen LogP contribution in [0, 0.1) is 0 Å². The third kappa shape index (κ3) is 6.30. The van der Waals surface area contributed by atoms with Crippen molar-refractivity contribution in [1.29, 1.82) is 0 Å². The molecule has 0 spiro atoms. The first kappa shape index (κ1) is 25.0. The van der Waals surface area contributed by atoms with Crippen molar-refractivity contribution in [1.82, 2.24) is 15.8 Å². The number of amides is 3. The number of alkyl halides is 3. The molecule has 8 nitrogen and oxygen atoms in total. The average Bonchev–Trinajstić information content (AvgIpc) is 3.61. The molecule has 0 saturated carbocycles. The van der Waals surface area contributed by atoms with Crippen molar-refractivity contribution in [3.05, 3.63) is 65.7 Å². The Morgan fingerprint density at radius 2 is 1.63 bits per heavy atom. The number of halogens is 3. The Bertz CT molecular complexity index is 1030. The first-order valence-corrected chi connectivity index (χ1v) is 11.3. The van der Waals surface area contributed by atoms with E-state index in [1.54, 1.807) is 34.1 Å². The van der Waals surface area contributed by atoms with E-state index >= 15 is 0 Å². The van der Waals surface area contributed by atoms with Gasteiger partial charge in [-0.25, -0.2) is 10.2 Å². The van der Waals surface area contributed by atoms with Gasteiger partial charge in [0.25, 0.3) is 5.91 Å². The first-order valence-electron chi connectivity index (χ1n) is 11.3. The summed E-state index contributed by atoms with van der Waals surface area (Å²) < 4.78 is 47.7. The topological polar surface area (TPSA) is 86.4 Å². The lowest BCUT2D eigenvalue weighted by Crippen LogP contribution is -2.52. The number of epoxide rings is 1. The zero-order chi connectivity index (χ0) is 25.2. The van der Waals surface area contributed by atoms with Crippen molar-refractivity contribution in [2.45, 2.75) is 51.1 Å². The number of carbonyl (C=O) groups is 2. The number of urea groups is 1. The van der Waals surface area contributed by atoms with Gasteiger partial charge in [0.1, 0.15) is 0 Å². The maximum absolute atomic E-state index is 13.5. The van der Waals surface area contributed by atoms with Crippen molar-refractivity contribution in [3.63, 3.8) is 0 Å². The summed E-state index contributed by atoms with van der Waals surface area (Å²) in [6.07, 6.45) is -7.85. The molecule has 188 valence electrons. The molecule has 4 rings (SSSR count). The normalized spacial score (nSPS) is 24.1. The Morgan fingerprint density at radius 3 is 2.20 bits per heavy atom. The molecule has 2 aliphatic heterocycles. The Labute approximate surface area is 200 Å². The number of nitrogens with zero attached hydrogens (tertiary/aromatic N) is 2. The number of morpholine rings is 1. The van der Waals surface area contributed by atoms with Crippen LogP contribution in [0.3, 0.4) is 0 Å². The van der Waals surface area contributed by atoms with Gasteiger partial charge in [-0.3, -0.25) is 15.1 Å². The second-order valence-corrected chi connectivity index (χ2v) is 8.68. The molecular weight excluding hydrogens is 465 g/mol. The quantitative estimate of drug-likeness (QED) is 0.477. The lowest BCUT2D eigenvalue weighted by Gasteiger charge is -2.38. The number of carbonyl (C=O) groups excluding carboxylic acids is 2. The Hall–Kier alpha value is -3.15. The van der Waals surface area contributed by atoms with Gasteiger partial charge in [0.05, 0.1) is 18.8 Å². The molecular formula is C24H27F3N4O4. The molecule has 2 aromatic rings. The van der Waals surface area contributed by atoms with Crippen LogP contribution in [-0.4, -0.2) is 60.6 Å². The highest BCUT2D eigenvalue weighted by Gasteiger charge is 2.58. The number of benzene rings is 2. The van der Waals surface area contributed by atoms with E-state index in [1.807, 2.05) is 44.2 Å². The average molecular weight is 492 g/mol. The third-order valence-electron chi connectivity index (χ3n) is 5.69. The van der Waals surface area contributed by atoms with Crippen LogP contribution in [0.1, 0.15) is 29.8 Å². The molecule has 4 atom stereocenters. The second kappa shape index (κ2) is 10.2. The van der Waals surface area contributed by atoms with Crippen molar-refractivity contribution < 1.29 is 32.2 Å². The number of anilines is 1. The molecule has 3 amide bonds. The van der Waals surface area contributed by atoms with E-state index < -0.39 is 24.4 Å². The van der Waals surface area contributed by atoms with E-state index in [4.69, 9.17) is 4.74 Å². The molecule has 2 aromatic carbocycles. The van der Waals surface area contributed by atoms with Crippen molar-refractivity contribution >= 4 is 17.6 Å². The smallest absolute Gasteiger partial charge is 0.372 e. The van der Waals surface area contributed by atoms with Crippen molar-refractivity contribution in [2.75, 3.05) is 18.0 Å². The lowest BCUT2D eigenvalue weighted by atomic mass is 10.1. The second-order valence-electron chi connectivity index (χ2n) is 8.68. The van der Waals surface area contributed by atoms with Gasteiger partial charge >= 0.3 is 12.2 Å². The molecule has 11 heteroatoms. The number of nitrogens with one attached hydrogen (secondary N) is 2. The molecule has 35 heavy (non-hydrogen) atoms. The molecule has 2 N–H and O–H groups in total. The predicted molar refractivity (Wildman–Crippen MR) is 121 cm³/mol. The molecule has 0 aliphatic carbocycles. The fourth-order valence-electron chi connectivity index (χ4n) is 4.01. The highest BCUT2D eigenvalue weighted by atomic mass is 19.4. The summed E-state index contributed by atoms with van der Waals surface area (Å²) in [5.41, 5.74) is 6.21. The standard InChI is InChI=1S/C24H27F3N4O4/c1-15-12-30(13-16(2)34-15)23(33)31(19-6-4-3-5-7-19)14-17-8-10-18(11-9-17)21(32)28-29-22-20(35-22)24(25,26)27/h3-11,15-16,20,22,29H,12-14H2,1-2H3,(H,28,32)/t15-,16+,20?,22?. The van der Waals surface area contributed by atoms with Gasteiger partial charge in [-0.05, 0) is 43.7 Å². The Kier molecular flexibility index (Phi) is 7.29. The van der Waals surface area contributed by atoms with Crippen molar-refractivity contribution in [3.8, 4) is 0 Å². The SMILES string of the molecule is C[C@@H]1CN(C(=O)N(Cc2ccc(C(=O)NNC3OC3C(F)(F)F)cc2)c2ccccc2)C[C@H](C)O1. The van der Waals surface area contributed by atoms with Crippen LogP contribution in [0.4, 0.5) is 23.7 Å². The van der Waals surface area contributed by atoms with Crippen LogP contribution >= 0.6 is 0 Å². The van der Waals surface area contributed by atoms with Gasteiger partial charge in [-0.2, -0.15) is 13.2 Å². The summed E-state index contributed by atoms with van der Waals surface area (Å²) in [6.45, 7) is 5.10. The zero-order valence-electron chi connectivity index (χ0n) is 19.3. The Morgan fingerprint density at radius 1 is 1.00 bits per heavy atom. The minimum atomic E-state index is -4.48. The molecule has 2 heterocycles. The lowest BCUT2D eigenvalue weighted by molar-refractivity contribution is -0.146. The van der Waals surface area contributed by atoms with E-state index in [2.05, 4.69) is 15.6 Å². The summed E-state index contributed by atoms with van der Waals surface area (Å²) in [4.78, 5) is 29.2. The van der Waals surface area contributed by atoms with Crippen molar-refractivity contribution in [2.24, 2.45) is 0 Å². The number of hydrogen-bond acceptors (Lipinski definition) is 5. The number of rotatable bonds is 6. The number of ether oxygens (including phenoxy) is 2. The highest BCUT2D eigenvalue weighted by molar-refractivity contribution is 5.94. The fourth-order valence-corrected chi connectivity index (χ4v) is 4.01. The minimum Gasteiger partial charge on any atom is -0.372 e. The van der Waals surface area contributed by atoms with Crippen LogP contribution in [0.25, 0.3) is 0 Å². The van der Waals surface area contributed by atoms with E-state index in [0.29, 0.717) is 13.1 Å².